The number of carboxylic acids is 1. The zero-order valence-electron chi connectivity index (χ0n) is 20.5. The van der Waals surface area contributed by atoms with E-state index < -0.39 is 11.8 Å². The van der Waals surface area contributed by atoms with E-state index >= 15 is 0 Å². The van der Waals surface area contributed by atoms with Gasteiger partial charge in [-0.3, -0.25) is 4.79 Å². The molecule has 4 heterocycles. The summed E-state index contributed by atoms with van der Waals surface area (Å²) >= 11 is 0. The zero-order chi connectivity index (χ0) is 26.8. The molecule has 0 unspecified atom stereocenters. The monoisotopic (exact) mass is 513 g/mol. The molecule has 0 saturated carbocycles. The Bertz CT molecular complexity index is 1550. The van der Waals surface area contributed by atoms with Crippen LogP contribution in [0.1, 0.15) is 29.7 Å². The zero-order valence-corrected chi connectivity index (χ0v) is 20.5. The van der Waals surface area contributed by atoms with Crippen LogP contribution in [0, 0.1) is 30.0 Å². The summed E-state index contributed by atoms with van der Waals surface area (Å²) in [5, 5.41) is 26.8. The van der Waals surface area contributed by atoms with E-state index in [1.165, 1.54) is 4.68 Å². The second-order valence-corrected chi connectivity index (χ2v) is 9.07. The van der Waals surface area contributed by atoms with Gasteiger partial charge in [0.1, 0.15) is 17.2 Å². The molecule has 3 aromatic heterocycles. The Kier molecular flexibility index (Phi) is 6.66. The Balaban J connectivity index is 1.38. The van der Waals surface area contributed by atoms with Crippen molar-refractivity contribution >= 4 is 17.6 Å². The topological polar surface area (TPSA) is 160 Å². The molecule has 11 nitrogen and oxygen atoms in total. The molecule has 38 heavy (non-hydrogen) atoms. The van der Waals surface area contributed by atoms with Crippen molar-refractivity contribution in [1.82, 2.24) is 29.9 Å². The molecule has 4 aromatic rings. The summed E-state index contributed by atoms with van der Waals surface area (Å²) in [5.74, 6) is -1.26. The van der Waals surface area contributed by atoms with Gasteiger partial charge in [-0.1, -0.05) is 23.4 Å². The maximum atomic E-state index is 15.0. The van der Waals surface area contributed by atoms with Crippen LogP contribution in [0.5, 0.6) is 0 Å². The Morgan fingerprint density at radius 2 is 1.95 bits per heavy atom. The van der Waals surface area contributed by atoms with Crippen LogP contribution in [0.2, 0.25) is 0 Å². The van der Waals surface area contributed by atoms with E-state index in [4.69, 9.17) is 10.7 Å². The van der Waals surface area contributed by atoms with Gasteiger partial charge in [0.15, 0.2) is 17.5 Å². The second-order valence-electron chi connectivity index (χ2n) is 9.07. The average Bonchev–Trinajstić information content (AvgIpc) is 3.38. The predicted octanol–water partition coefficient (Wildman–Crippen LogP) is 3.05. The van der Waals surface area contributed by atoms with Gasteiger partial charge in [0.25, 0.3) is 0 Å². The summed E-state index contributed by atoms with van der Waals surface area (Å²) < 4.78 is 16.5. The molecule has 1 aliphatic rings. The van der Waals surface area contributed by atoms with Crippen molar-refractivity contribution in [3.8, 4) is 28.8 Å². The molecule has 5 rings (SSSR count). The van der Waals surface area contributed by atoms with Crippen LogP contribution in [0.25, 0.3) is 22.8 Å². The minimum Gasteiger partial charge on any atom is -0.481 e. The lowest BCUT2D eigenvalue weighted by atomic mass is 9.97. The molecule has 3 N–H and O–H groups in total. The minimum atomic E-state index is -0.806. The first-order valence-electron chi connectivity index (χ1n) is 12.0. The van der Waals surface area contributed by atoms with Gasteiger partial charge in [-0.2, -0.15) is 5.26 Å². The Morgan fingerprint density at radius 3 is 2.68 bits per heavy atom. The molecule has 1 aliphatic heterocycles. The number of nitriles is 1. The molecule has 1 saturated heterocycles. The van der Waals surface area contributed by atoms with E-state index in [1.807, 2.05) is 18.2 Å². The predicted molar refractivity (Wildman–Crippen MR) is 136 cm³/mol. The summed E-state index contributed by atoms with van der Waals surface area (Å²) in [6, 6.07) is 12.9. The summed E-state index contributed by atoms with van der Waals surface area (Å²) in [5.41, 5.74) is 8.36. The molecule has 0 aliphatic carbocycles. The van der Waals surface area contributed by atoms with Crippen molar-refractivity contribution in [1.29, 1.82) is 5.26 Å². The van der Waals surface area contributed by atoms with E-state index in [9.17, 15) is 19.6 Å². The number of benzene rings is 1. The first-order valence-corrected chi connectivity index (χ1v) is 12.0. The van der Waals surface area contributed by atoms with E-state index in [0.717, 1.165) is 5.82 Å². The normalized spacial score (nSPS) is 13.9. The van der Waals surface area contributed by atoms with Gasteiger partial charge in [-0.25, -0.2) is 24.0 Å². The quantitative estimate of drug-likeness (QED) is 0.392. The van der Waals surface area contributed by atoms with Crippen molar-refractivity contribution in [3.05, 3.63) is 65.2 Å². The number of nitrogens with zero attached hydrogens (tertiary/aromatic N) is 8. The summed E-state index contributed by atoms with van der Waals surface area (Å²) in [7, 11) is 0. The molecular weight excluding hydrogens is 489 g/mol. The number of carbonyl (C=O) groups is 1. The van der Waals surface area contributed by atoms with Gasteiger partial charge in [0, 0.05) is 18.7 Å². The molecule has 1 fully saturated rings. The van der Waals surface area contributed by atoms with E-state index in [1.54, 1.807) is 31.3 Å². The largest absolute Gasteiger partial charge is 0.481 e. The maximum absolute atomic E-state index is 15.0. The molecule has 0 bridgehead atoms. The van der Waals surface area contributed by atoms with Crippen LogP contribution in [0.15, 0.2) is 42.6 Å². The van der Waals surface area contributed by atoms with Gasteiger partial charge in [0.2, 0.25) is 0 Å². The van der Waals surface area contributed by atoms with E-state index in [0.29, 0.717) is 48.3 Å². The lowest BCUT2D eigenvalue weighted by molar-refractivity contribution is -0.142. The van der Waals surface area contributed by atoms with Gasteiger partial charge in [0.05, 0.1) is 36.0 Å². The fraction of sp³-hybridized carbons (Fsp3) is 0.269. The van der Waals surface area contributed by atoms with Crippen molar-refractivity contribution < 1.29 is 14.3 Å². The number of pyridine rings is 1. The van der Waals surface area contributed by atoms with Gasteiger partial charge in [-0.05, 0) is 43.5 Å². The first-order chi connectivity index (χ1) is 18.3. The first kappa shape index (κ1) is 24.8. The Hall–Kier alpha value is -4.92. The summed E-state index contributed by atoms with van der Waals surface area (Å²) in [4.78, 5) is 26.5. The number of carboxylic acid groups (broad SMARTS) is 1. The van der Waals surface area contributed by atoms with Crippen molar-refractivity contribution in [2.75, 3.05) is 23.7 Å². The molecule has 0 spiro atoms. The van der Waals surface area contributed by atoms with Crippen LogP contribution in [-0.2, 0) is 11.3 Å². The number of aliphatic carboxylic acids is 1. The lowest BCUT2D eigenvalue weighted by Gasteiger charge is -2.31. The summed E-state index contributed by atoms with van der Waals surface area (Å²) in [6.45, 7) is 3.29. The standard InChI is InChI=1S/C26H24FN9O2/c1-15-17(12-28)4-2-6-19(15)25-31-23(22(27)24(29)32-25)20-14-36(34-33-20)13-18-5-3-7-21(30-18)35-10-8-16(9-11-35)26(37)38/h2-7,14,16H,8-11,13H2,1H3,(H,37,38)(H2,29,31,32). The Labute approximate surface area is 217 Å². The number of nitrogens with two attached hydrogens (primary N) is 1. The van der Waals surface area contributed by atoms with E-state index in [-0.39, 0.29) is 35.5 Å². The van der Waals surface area contributed by atoms with E-state index in [2.05, 4.69) is 31.2 Å². The number of halogens is 1. The van der Waals surface area contributed by atoms with Crippen LogP contribution < -0.4 is 10.6 Å². The van der Waals surface area contributed by atoms with Crippen LogP contribution in [0.4, 0.5) is 16.0 Å². The SMILES string of the molecule is Cc1c(C#N)cccc1-c1nc(N)c(F)c(-c2cn(Cc3cccc(N4CCC(C(=O)O)CC4)n3)nn2)n1. The fourth-order valence-electron chi connectivity index (χ4n) is 4.49. The van der Waals surface area contributed by atoms with Crippen molar-refractivity contribution in [3.63, 3.8) is 0 Å². The number of hydrogen-bond acceptors (Lipinski definition) is 9. The summed E-state index contributed by atoms with van der Waals surface area (Å²) in [6.07, 6.45) is 2.70. The molecule has 0 radical (unpaired) electrons. The van der Waals surface area contributed by atoms with Gasteiger partial charge < -0.3 is 15.7 Å². The highest BCUT2D eigenvalue weighted by molar-refractivity contribution is 5.70. The highest BCUT2D eigenvalue weighted by atomic mass is 19.1. The highest BCUT2D eigenvalue weighted by Gasteiger charge is 2.25. The van der Waals surface area contributed by atoms with Crippen molar-refractivity contribution in [2.45, 2.75) is 26.3 Å². The van der Waals surface area contributed by atoms with Gasteiger partial charge >= 0.3 is 5.97 Å². The maximum Gasteiger partial charge on any atom is 0.306 e. The molecule has 0 amide bonds. The molecule has 0 atom stereocenters. The molecule has 12 heteroatoms. The number of piperidine rings is 1. The van der Waals surface area contributed by atoms with Gasteiger partial charge in [-0.15, -0.1) is 5.10 Å². The van der Waals surface area contributed by atoms with Crippen LogP contribution >= 0.6 is 0 Å². The Morgan fingerprint density at radius 1 is 1.18 bits per heavy atom. The second kappa shape index (κ2) is 10.2. The minimum absolute atomic E-state index is 0.0940. The third-order valence-electron chi connectivity index (χ3n) is 6.64. The number of nitrogen functional groups attached to an aromatic ring is 1. The lowest BCUT2D eigenvalue weighted by Crippen LogP contribution is -2.36. The molecular formula is C26H24FN9O2. The van der Waals surface area contributed by atoms with Crippen molar-refractivity contribution in [2.24, 2.45) is 5.92 Å². The smallest absolute Gasteiger partial charge is 0.306 e. The highest BCUT2D eigenvalue weighted by Crippen LogP contribution is 2.29. The fourth-order valence-corrected chi connectivity index (χ4v) is 4.49. The number of hydrogen-bond donors (Lipinski definition) is 2. The molecule has 1 aromatic carbocycles. The molecule has 192 valence electrons. The third-order valence-corrected chi connectivity index (χ3v) is 6.64. The average molecular weight is 514 g/mol. The van der Waals surface area contributed by atoms with Crippen LogP contribution in [-0.4, -0.2) is 54.1 Å². The van der Waals surface area contributed by atoms with Crippen LogP contribution in [0.3, 0.4) is 0 Å². The number of anilines is 2. The third kappa shape index (κ3) is 4.86. The number of aromatic nitrogens is 6. The number of rotatable bonds is 6.